The second-order valence-electron chi connectivity index (χ2n) is 6.36. The van der Waals surface area contributed by atoms with E-state index < -0.39 is 0 Å². The van der Waals surface area contributed by atoms with Crippen LogP contribution in [-0.4, -0.2) is 24.2 Å². The van der Waals surface area contributed by atoms with E-state index >= 15 is 0 Å². The molecule has 0 atom stereocenters. The maximum Gasteiger partial charge on any atom is 0.137 e. The van der Waals surface area contributed by atoms with E-state index in [1.54, 1.807) is 20.3 Å². The summed E-state index contributed by atoms with van der Waals surface area (Å²) in [7, 11) is 3.23. The van der Waals surface area contributed by atoms with Crippen LogP contribution in [0.1, 0.15) is 10.6 Å². The number of benzene rings is 2. The minimum absolute atomic E-state index is 0.315. The van der Waals surface area contributed by atoms with E-state index in [1.165, 1.54) is 11.3 Å². The highest BCUT2D eigenvalue weighted by atomic mass is 35.5. The molecule has 7 heteroatoms. The normalized spacial score (nSPS) is 11.3. The van der Waals surface area contributed by atoms with E-state index in [-0.39, 0.29) is 0 Å². The zero-order valence-corrected chi connectivity index (χ0v) is 17.8. The van der Waals surface area contributed by atoms with Crippen LogP contribution < -0.4 is 9.47 Å². The summed E-state index contributed by atoms with van der Waals surface area (Å²) in [6.07, 6.45) is 1.72. The van der Waals surface area contributed by atoms with Gasteiger partial charge < -0.3 is 9.47 Å². The first-order valence-corrected chi connectivity index (χ1v) is 10.2. The van der Waals surface area contributed by atoms with Crippen LogP contribution in [0.5, 0.6) is 11.5 Å². The third kappa shape index (κ3) is 3.99. The minimum Gasteiger partial charge on any atom is -0.497 e. The predicted octanol–water partition coefficient (Wildman–Crippen LogP) is 6.09. The number of allylic oxidation sites excluding steroid dienone is 1. The fourth-order valence-corrected chi connectivity index (χ4v) is 3.95. The molecule has 0 saturated heterocycles. The van der Waals surface area contributed by atoms with Gasteiger partial charge in [-0.05, 0) is 48.5 Å². The van der Waals surface area contributed by atoms with Crippen LogP contribution in [0.3, 0.4) is 0 Å². The van der Waals surface area contributed by atoms with Gasteiger partial charge in [0, 0.05) is 28.0 Å². The van der Waals surface area contributed by atoms with Crippen LogP contribution in [0.25, 0.3) is 33.8 Å². The average Bonchev–Trinajstić information content (AvgIpc) is 3.27. The molecule has 0 aliphatic rings. The third-order valence-electron chi connectivity index (χ3n) is 4.55. The van der Waals surface area contributed by atoms with Crippen LogP contribution in [-0.2, 0) is 0 Å². The van der Waals surface area contributed by atoms with Crippen molar-refractivity contribution in [1.29, 1.82) is 5.26 Å². The highest BCUT2D eigenvalue weighted by Gasteiger charge is 2.12. The predicted molar refractivity (Wildman–Crippen MR) is 121 cm³/mol. The summed E-state index contributed by atoms with van der Waals surface area (Å²) in [5, 5.41) is 13.5. The Bertz CT molecular complexity index is 1290. The standard InChI is InChI=1S/C23H16ClN3O2S/c1-28-18-6-3-14(4-7-18)21-13-30-23(27-21)17(12-25)10-16-9-15-5-8-19(29-2)11-20(15)26-22(16)24/h3-11,13H,1-2H3. The van der Waals surface area contributed by atoms with Crippen molar-refractivity contribution in [3.63, 3.8) is 0 Å². The lowest BCUT2D eigenvalue weighted by atomic mass is 10.1. The number of nitriles is 1. The van der Waals surface area contributed by atoms with E-state index in [1.807, 2.05) is 53.9 Å². The van der Waals surface area contributed by atoms with Crippen molar-refractivity contribution in [3.05, 3.63) is 69.6 Å². The van der Waals surface area contributed by atoms with E-state index in [4.69, 9.17) is 21.1 Å². The molecule has 5 nitrogen and oxygen atoms in total. The molecule has 148 valence electrons. The average molecular weight is 434 g/mol. The molecule has 0 unspecified atom stereocenters. The number of hydrogen-bond acceptors (Lipinski definition) is 6. The number of hydrogen-bond donors (Lipinski definition) is 0. The number of nitrogens with zero attached hydrogens (tertiary/aromatic N) is 3. The van der Waals surface area contributed by atoms with Gasteiger partial charge in [-0.2, -0.15) is 5.26 Å². The van der Waals surface area contributed by atoms with Crippen molar-refractivity contribution >= 4 is 45.5 Å². The Hall–Kier alpha value is -3.40. The number of rotatable bonds is 5. The Morgan fingerprint density at radius 1 is 1.03 bits per heavy atom. The van der Waals surface area contributed by atoms with Gasteiger partial charge >= 0.3 is 0 Å². The number of aromatic nitrogens is 2. The molecule has 2 aromatic carbocycles. The second kappa shape index (κ2) is 8.54. The van der Waals surface area contributed by atoms with Crippen LogP contribution in [0.2, 0.25) is 5.15 Å². The van der Waals surface area contributed by atoms with Gasteiger partial charge in [-0.1, -0.05) is 11.6 Å². The first-order valence-electron chi connectivity index (χ1n) is 8.97. The Kier molecular flexibility index (Phi) is 5.66. The van der Waals surface area contributed by atoms with Crippen LogP contribution in [0, 0.1) is 11.3 Å². The van der Waals surface area contributed by atoms with Gasteiger partial charge in [-0.3, -0.25) is 0 Å². The van der Waals surface area contributed by atoms with Gasteiger partial charge in [0.25, 0.3) is 0 Å². The summed E-state index contributed by atoms with van der Waals surface area (Å²) in [6, 6.07) is 17.4. The summed E-state index contributed by atoms with van der Waals surface area (Å²) in [4.78, 5) is 9.06. The molecule has 0 saturated carbocycles. The summed E-state index contributed by atoms with van der Waals surface area (Å²) in [6.45, 7) is 0. The summed E-state index contributed by atoms with van der Waals surface area (Å²) in [5.41, 5.74) is 3.57. The Morgan fingerprint density at radius 3 is 2.47 bits per heavy atom. The molecule has 0 spiro atoms. The third-order valence-corrected chi connectivity index (χ3v) is 5.72. The quantitative estimate of drug-likeness (QED) is 0.281. The molecule has 4 aromatic rings. The first-order chi connectivity index (χ1) is 14.6. The van der Waals surface area contributed by atoms with Gasteiger partial charge in [-0.25, -0.2) is 9.97 Å². The van der Waals surface area contributed by atoms with Gasteiger partial charge in [0.2, 0.25) is 0 Å². The maximum absolute atomic E-state index is 9.71. The van der Waals surface area contributed by atoms with Gasteiger partial charge in [-0.15, -0.1) is 11.3 Å². The molecule has 4 rings (SSSR count). The second-order valence-corrected chi connectivity index (χ2v) is 7.58. The molecule has 0 radical (unpaired) electrons. The number of thiazole rings is 1. The van der Waals surface area contributed by atoms with Crippen LogP contribution >= 0.6 is 22.9 Å². The van der Waals surface area contributed by atoms with Crippen molar-refractivity contribution in [2.75, 3.05) is 14.2 Å². The molecule has 0 bridgehead atoms. The fourth-order valence-electron chi connectivity index (χ4n) is 2.96. The van der Waals surface area contributed by atoms with Crippen LogP contribution in [0.4, 0.5) is 0 Å². The zero-order chi connectivity index (χ0) is 21.1. The number of pyridine rings is 1. The molecule has 0 fully saturated rings. The Morgan fingerprint density at radius 2 is 1.77 bits per heavy atom. The fraction of sp³-hybridized carbons (Fsp3) is 0.0870. The molecule has 0 aliphatic heterocycles. The summed E-state index contributed by atoms with van der Waals surface area (Å²) in [5.74, 6) is 1.49. The number of halogens is 1. The first kappa shape index (κ1) is 19.9. The van der Waals surface area contributed by atoms with Gasteiger partial charge in [0.05, 0.1) is 31.0 Å². The lowest BCUT2D eigenvalue weighted by molar-refractivity contribution is 0.415. The van der Waals surface area contributed by atoms with Gasteiger partial charge in [0.15, 0.2) is 0 Å². The minimum atomic E-state index is 0.315. The lowest BCUT2D eigenvalue weighted by Gasteiger charge is -2.05. The molecular formula is C23H16ClN3O2S. The number of methoxy groups -OCH3 is 2. The molecule has 2 aromatic heterocycles. The Labute approximate surface area is 182 Å². The number of ether oxygens (including phenoxy) is 2. The van der Waals surface area contributed by atoms with E-state index in [0.29, 0.717) is 27.0 Å². The van der Waals surface area contributed by atoms with E-state index in [2.05, 4.69) is 16.0 Å². The Balaban J connectivity index is 1.69. The monoisotopic (exact) mass is 433 g/mol. The van der Waals surface area contributed by atoms with Crippen molar-refractivity contribution in [2.24, 2.45) is 0 Å². The molecular weight excluding hydrogens is 418 g/mol. The smallest absolute Gasteiger partial charge is 0.137 e. The van der Waals surface area contributed by atoms with Crippen molar-refractivity contribution in [3.8, 4) is 28.8 Å². The van der Waals surface area contributed by atoms with E-state index in [9.17, 15) is 5.26 Å². The van der Waals surface area contributed by atoms with Crippen molar-refractivity contribution < 1.29 is 9.47 Å². The maximum atomic E-state index is 9.71. The summed E-state index contributed by atoms with van der Waals surface area (Å²) < 4.78 is 10.4. The highest BCUT2D eigenvalue weighted by Crippen LogP contribution is 2.30. The molecule has 0 amide bonds. The van der Waals surface area contributed by atoms with Crippen molar-refractivity contribution in [2.45, 2.75) is 0 Å². The van der Waals surface area contributed by atoms with Gasteiger partial charge in [0.1, 0.15) is 27.7 Å². The van der Waals surface area contributed by atoms with E-state index in [0.717, 1.165) is 27.9 Å². The summed E-state index contributed by atoms with van der Waals surface area (Å²) >= 11 is 7.79. The highest BCUT2D eigenvalue weighted by molar-refractivity contribution is 7.11. The molecule has 2 heterocycles. The molecule has 0 aliphatic carbocycles. The molecule has 30 heavy (non-hydrogen) atoms. The SMILES string of the molecule is COc1ccc(-c2csc(C(C#N)=Cc3cc4ccc(OC)cc4nc3Cl)n2)cc1. The number of fused-ring (bicyclic) bond motifs is 1. The zero-order valence-electron chi connectivity index (χ0n) is 16.2. The topological polar surface area (TPSA) is 68.0 Å². The largest absolute Gasteiger partial charge is 0.497 e. The van der Waals surface area contributed by atoms with Crippen molar-refractivity contribution in [1.82, 2.24) is 9.97 Å². The molecule has 0 N–H and O–H groups in total. The van der Waals surface area contributed by atoms with Crippen LogP contribution in [0.15, 0.2) is 53.9 Å². The lowest BCUT2D eigenvalue weighted by Crippen LogP contribution is -1.89.